The summed E-state index contributed by atoms with van der Waals surface area (Å²) in [6, 6.07) is 97.5. The highest BCUT2D eigenvalue weighted by Gasteiger charge is 2.23. The summed E-state index contributed by atoms with van der Waals surface area (Å²) >= 11 is 0. The van der Waals surface area contributed by atoms with Gasteiger partial charge in [-0.1, -0.05) is 206 Å². The molecule has 18 rings (SSSR count). The van der Waals surface area contributed by atoms with E-state index >= 15 is 0 Å². The first-order chi connectivity index (χ1) is 43.6. The number of pyridine rings is 1. The number of hydrogen-bond acceptors (Lipinski definition) is 7. The summed E-state index contributed by atoms with van der Waals surface area (Å²) in [7, 11) is 0. The van der Waals surface area contributed by atoms with Crippen molar-refractivity contribution in [3.05, 3.63) is 285 Å². The molecule has 0 saturated carbocycles. The summed E-state index contributed by atoms with van der Waals surface area (Å²) in [6.07, 6.45) is 1.88. The monoisotopic (exact) mass is 1130 g/mol. The standard InChI is InChI=1S/C77H47N11/c1-3-20-49(21-4-1)72-79-73(50-22-5-2-6-23-50)81-75(80-72)53-42-43-71(78-47-53)86-64-33-14-12-31-60(64)62-45-61-59-30-11-13-32-63(59)85(69(61)46-70(62)86)54-25-19-24-52(44-54)48-38-40-51(41-39-48)74-82-76(87-65-34-15-7-26-55(65)56-27-8-16-35-66(56)87)84-77(83-74)88-67-36-17-9-28-57(67)58-29-10-18-37-68(58)88/h1-47H. The van der Waals surface area contributed by atoms with Crippen molar-refractivity contribution in [3.63, 3.8) is 0 Å². The van der Waals surface area contributed by atoms with Gasteiger partial charge in [0.05, 0.1) is 44.1 Å². The van der Waals surface area contributed by atoms with Crippen LogP contribution in [0.4, 0.5) is 0 Å². The van der Waals surface area contributed by atoms with Crippen molar-refractivity contribution in [1.82, 2.24) is 53.2 Å². The minimum absolute atomic E-state index is 0.542. The predicted octanol–water partition coefficient (Wildman–Crippen LogP) is 18.2. The average molecular weight is 1130 g/mol. The smallest absolute Gasteiger partial charge is 0.240 e. The van der Waals surface area contributed by atoms with Crippen LogP contribution in [0.15, 0.2) is 285 Å². The van der Waals surface area contributed by atoms with E-state index in [1.165, 1.54) is 10.8 Å². The number of benzene rings is 11. The van der Waals surface area contributed by atoms with Gasteiger partial charge in [0.15, 0.2) is 23.3 Å². The molecule has 410 valence electrons. The van der Waals surface area contributed by atoms with Gasteiger partial charge >= 0.3 is 0 Å². The Labute approximate surface area is 503 Å². The Morgan fingerprint density at radius 1 is 0.205 bits per heavy atom. The molecule has 0 bridgehead atoms. The fourth-order valence-electron chi connectivity index (χ4n) is 13.1. The quantitative estimate of drug-likeness (QED) is 0.142. The van der Waals surface area contributed by atoms with E-state index in [-0.39, 0.29) is 0 Å². The SMILES string of the molecule is c1ccc(-c2nc(-c3ccccc3)nc(-c3ccc(-n4c5ccccc5c5cc6c7ccccc7n(-c7cccc(-c8ccc(-c9nc(-n%10c%11ccccc%11c%11ccccc%11%10)nc(-n%10c%11ccccc%11c%11ccccc%11%10)n9)cc8)c7)c6cc54)nc3)n2)cc1. The van der Waals surface area contributed by atoms with Crippen LogP contribution in [0.1, 0.15) is 0 Å². The molecule has 0 saturated heterocycles. The molecule has 11 nitrogen and oxygen atoms in total. The largest absolute Gasteiger partial charge is 0.309 e. The van der Waals surface area contributed by atoms with Gasteiger partial charge in [0.2, 0.25) is 11.9 Å². The van der Waals surface area contributed by atoms with Crippen LogP contribution in [0.3, 0.4) is 0 Å². The van der Waals surface area contributed by atoms with Crippen molar-refractivity contribution in [2.24, 2.45) is 0 Å². The van der Waals surface area contributed by atoms with E-state index in [0.717, 1.165) is 121 Å². The second kappa shape index (κ2) is 19.7. The Hall–Kier alpha value is -12.2. The number of hydrogen-bond donors (Lipinski definition) is 0. The van der Waals surface area contributed by atoms with Crippen LogP contribution in [0, 0.1) is 0 Å². The Kier molecular flexibility index (Phi) is 11.0. The summed E-state index contributed by atoms with van der Waals surface area (Å²) in [5.74, 6) is 4.20. The van der Waals surface area contributed by atoms with Crippen molar-refractivity contribution >= 4 is 87.2 Å². The molecule has 0 unspecified atom stereocenters. The van der Waals surface area contributed by atoms with Crippen LogP contribution in [-0.2, 0) is 0 Å². The van der Waals surface area contributed by atoms with Crippen molar-refractivity contribution in [2.75, 3.05) is 0 Å². The third-order valence-electron chi connectivity index (χ3n) is 17.2. The minimum atomic E-state index is 0.542. The average Bonchev–Trinajstić information content (AvgIpc) is 2.64. The normalized spacial score (nSPS) is 11.9. The zero-order valence-corrected chi connectivity index (χ0v) is 47.1. The molecule has 18 aromatic rings. The Morgan fingerprint density at radius 3 is 1.05 bits per heavy atom. The van der Waals surface area contributed by atoms with Crippen molar-refractivity contribution in [2.45, 2.75) is 0 Å². The van der Waals surface area contributed by atoms with Gasteiger partial charge in [0.1, 0.15) is 5.82 Å². The highest BCUT2D eigenvalue weighted by molar-refractivity contribution is 6.19. The molecule has 7 heterocycles. The van der Waals surface area contributed by atoms with Crippen molar-refractivity contribution in [3.8, 4) is 80.1 Å². The van der Waals surface area contributed by atoms with Crippen molar-refractivity contribution in [1.29, 1.82) is 0 Å². The molecule has 11 heteroatoms. The molecule has 11 aromatic carbocycles. The van der Waals surface area contributed by atoms with E-state index in [0.29, 0.717) is 35.2 Å². The van der Waals surface area contributed by atoms with Gasteiger partial charge in [0, 0.05) is 77.2 Å². The third kappa shape index (κ3) is 7.81. The number of aromatic nitrogens is 11. The van der Waals surface area contributed by atoms with Gasteiger partial charge in [-0.05, 0) is 83.9 Å². The minimum Gasteiger partial charge on any atom is -0.309 e. The molecule has 88 heavy (non-hydrogen) atoms. The summed E-state index contributed by atoms with van der Waals surface area (Å²) in [4.78, 5) is 36.1. The molecule has 0 aliphatic rings. The number of nitrogens with zero attached hydrogens (tertiary/aromatic N) is 11. The Bertz CT molecular complexity index is 5510. The van der Waals surface area contributed by atoms with Crippen LogP contribution in [0.5, 0.6) is 0 Å². The summed E-state index contributed by atoms with van der Waals surface area (Å²) in [5.41, 5.74) is 15.1. The molecule has 0 spiro atoms. The summed E-state index contributed by atoms with van der Waals surface area (Å²) < 4.78 is 9.01. The zero-order valence-electron chi connectivity index (χ0n) is 47.1. The van der Waals surface area contributed by atoms with E-state index in [1.807, 2.05) is 66.9 Å². The molecule has 0 atom stereocenters. The van der Waals surface area contributed by atoms with Crippen LogP contribution in [0.2, 0.25) is 0 Å². The molecule has 0 amide bonds. The maximum Gasteiger partial charge on any atom is 0.240 e. The van der Waals surface area contributed by atoms with E-state index < -0.39 is 0 Å². The highest BCUT2D eigenvalue weighted by Crippen LogP contribution is 2.41. The molecule has 0 aliphatic carbocycles. The van der Waals surface area contributed by atoms with Gasteiger partial charge in [-0.2, -0.15) is 15.0 Å². The lowest BCUT2D eigenvalue weighted by atomic mass is 10.0. The van der Waals surface area contributed by atoms with Gasteiger partial charge in [-0.15, -0.1) is 0 Å². The molecule has 0 N–H and O–H groups in total. The number of rotatable bonds is 9. The van der Waals surface area contributed by atoms with Crippen LogP contribution >= 0.6 is 0 Å². The number of fused-ring (bicyclic) bond motifs is 12. The van der Waals surface area contributed by atoms with Gasteiger partial charge in [-0.25, -0.2) is 19.9 Å². The molecule has 0 aliphatic heterocycles. The van der Waals surface area contributed by atoms with Crippen LogP contribution < -0.4 is 0 Å². The van der Waals surface area contributed by atoms with Gasteiger partial charge in [0.25, 0.3) is 0 Å². The second-order valence-corrected chi connectivity index (χ2v) is 22.2. The number of para-hydroxylation sites is 6. The first-order valence-corrected chi connectivity index (χ1v) is 29.4. The summed E-state index contributed by atoms with van der Waals surface area (Å²) in [5, 5.41) is 9.17. The lowest BCUT2D eigenvalue weighted by Crippen LogP contribution is -2.10. The van der Waals surface area contributed by atoms with Crippen LogP contribution in [-0.4, -0.2) is 53.2 Å². The molecular weight excluding hydrogens is 1080 g/mol. The third-order valence-corrected chi connectivity index (χ3v) is 17.2. The molecule has 7 aromatic heterocycles. The fourth-order valence-corrected chi connectivity index (χ4v) is 13.1. The Morgan fingerprint density at radius 2 is 0.568 bits per heavy atom. The molecular formula is C77H47N11. The van der Waals surface area contributed by atoms with Gasteiger partial charge in [-0.3, -0.25) is 13.7 Å². The maximum atomic E-state index is 5.36. The lowest BCUT2D eigenvalue weighted by molar-refractivity contribution is 0.893. The highest BCUT2D eigenvalue weighted by atomic mass is 15.3. The van der Waals surface area contributed by atoms with Crippen LogP contribution in [0.25, 0.3) is 167 Å². The first kappa shape index (κ1) is 49.2. The van der Waals surface area contributed by atoms with E-state index in [4.69, 9.17) is 34.9 Å². The van der Waals surface area contributed by atoms with Gasteiger partial charge < -0.3 is 4.57 Å². The lowest BCUT2D eigenvalue weighted by Gasteiger charge is -2.13. The fraction of sp³-hybridized carbons (Fsp3) is 0. The van der Waals surface area contributed by atoms with E-state index in [1.54, 1.807) is 0 Å². The van der Waals surface area contributed by atoms with E-state index in [2.05, 4.69) is 237 Å². The topological polar surface area (TPSA) is 110 Å². The molecule has 0 fully saturated rings. The Balaban J connectivity index is 0.748. The summed E-state index contributed by atoms with van der Waals surface area (Å²) in [6.45, 7) is 0. The maximum absolute atomic E-state index is 5.36. The zero-order chi connectivity index (χ0) is 57.8. The second-order valence-electron chi connectivity index (χ2n) is 22.2. The first-order valence-electron chi connectivity index (χ1n) is 29.4. The van der Waals surface area contributed by atoms with E-state index in [9.17, 15) is 0 Å². The van der Waals surface area contributed by atoms with Crippen molar-refractivity contribution < 1.29 is 0 Å². The molecule has 0 radical (unpaired) electrons. The predicted molar refractivity (Wildman–Crippen MR) is 356 cm³/mol.